The van der Waals surface area contributed by atoms with E-state index in [9.17, 15) is 4.79 Å². The number of pyridine rings is 1. The van der Waals surface area contributed by atoms with Crippen molar-refractivity contribution in [2.75, 3.05) is 20.1 Å². The van der Waals surface area contributed by atoms with Crippen molar-refractivity contribution in [3.63, 3.8) is 0 Å². The fourth-order valence-electron chi connectivity index (χ4n) is 2.52. The molecule has 1 atom stereocenters. The highest BCUT2D eigenvalue weighted by molar-refractivity contribution is 5.76. The average Bonchev–Trinajstić information content (AvgIpc) is 2.40. The third-order valence-corrected chi connectivity index (χ3v) is 3.63. The Morgan fingerprint density at radius 1 is 1.53 bits per heavy atom. The minimum absolute atomic E-state index is 0.219. The molecule has 1 N–H and O–H groups in total. The van der Waals surface area contributed by atoms with Crippen molar-refractivity contribution < 1.29 is 4.79 Å². The Bertz CT molecular complexity index is 427. The molecule has 104 valence electrons. The maximum atomic E-state index is 12.2. The highest BCUT2D eigenvalue weighted by Gasteiger charge is 2.19. The Balaban J connectivity index is 1.84. The summed E-state index contributed by atoms with van der Waals surface area (Å²) >= 11 is 0. The lowest BCUT2D eigenvalue weighted by Crippen LogP contribution is -2.35. The van der Waals surface area contributed by atoms with E-state index in [1.807, 2.05) is 32.2 Å². The molecule has 1 fully saturated rings. The van der Waals surface area contributed by atoms with E-state index in [0.29, 0.717) is 18.9 Å². The Morgan fingerprint density at radius 3 is 3.05 bits per heavy atom. The van der Waals surface area contributed by atoms with Crippen LogP contribution in [0.4, 0.5) is 0 Å². The molecule has 1 saturated heterocycles. The molecular weight excluding hydrogens is 238 g/mol. The first-order valence-corrected chi connectivity index (χ1v) is 7.02. The fraction of sp³-hybridized carbons (Fsp3) is 0.600. The van der Waals surface area contributed by atoms with Crippen LogP contribution in [0, 0.1) is 12.8 Å². The number of carbonyl (C=O) groups is 1. The monoisotopic (exact) mass is 261 g/mol. The second kappa shape index (κ2) is 6.66. The number of hydrogen-bond acceptors (Lipinski definition) is 3. The van der Waals surface area contributed by atoms with E-state index in [1.54, 1.807) is 4.90 Å². The van der Waals surface area contributed by atoms with E-state index in [2.05, 4.69) is 10.3 Å². The second-order valence-electron chi connectivity index (χ2n) is 5.44. The molecule has 0 bridgehead atoms. The summed E-state index contributed by atoms with van der Waals surface area (Å²) in [5.41, 5.74) is 1.95. The molecule has 0 aromatic carbocycles. The maximum absolute atomic E-state index is 12.2. The van der Waals surface area contributed by atoms with Crippen molar-refractivity contribution in [1.29, 1.82) is 0 Å². The van der Waals surface area contributed by atoms with Gasteiger partial charge in [-0.3, -0.25) is 9.78 Å². The number of nitrogens with one attached hydrogen (secondary N) is 1. The van der Waals surface area contributed by atoms with Crippen molar-refractivity contribution in [2.45, 2.75) is 32.7 Å². The molecule has 19 heavy (non-hydrogen) atoms. The number of nitrogens with zero attached hydrogens (tertiary/aromatic N) is 2. The van der Waals surface area contributed by atoms with E-state index in [1.165, 1.54) is 6.42 Å². The smallest absolute Gasteiger partial charge is 0.222 e. The topological polar surface area (TPSA) is 45.2 Å². The number of aryl methyl sites for hydroxylation is 1. The van der Waals surface area contributed by atoms with Crippen molar-refractivity contribution in [1.82, 2.24) is 15.2 Å². The van der Waals surface area contributed by atoms with Crippen LogP contribution in [0.2, 0.25) is 0 Å². The number of carbonyl (C=O) groups excluding carboxylic acids is 1. The van der Waals surface area contributed by atoms with Gasteiger partial charge >= 0.3 is 0 Å². The van der Waals surface area contributed by atoms with Crippen LogP contribution < -0.4 is 5.32 Å². The molecule has 0 spiro atoms. The third kappa shape index (κ3) is 4.31. The van der Waals surface area contributed by atoms with Gasteiger partial charge in [0.2, 0.25) is 5.91 Å². The summed E-state index contributed by atoms with van der Waals surface area (Å²) in [6.45, 7) is 4.63. The van der Waals surface area contributed by atoms with Crippen LogP contribution in [0.15, 0.2) is 18.2 Å². The van der Waals surface area contributed by atoms with Crippen LogP contribution in [0.25, 0.3) is 0 Å². The van der Waals surface area contributed by atoms with Crippen LogP contribution in [0.5, 0.6) is 0 Å². The minimum atomic E-state index is 0.219. The van der Waals surface area contributed by atoms with Crippen LogP contribution in [-0.4, -0.2) is 35.9 Å². The van der Waals surface area contributed by atoms with Crippen LogP contribution >= 0.6 is 0 Å². The Kier molecular flexibility index (Phi) is 4.91. The molecule has 4 heteroatoms. The lowest BCUT2D eigenvalue weighted by atomic mass is 9.95. The highest BCUT2D eigenvalue weighted by Crippen LogP contribution is 2.15. The van der Waals surface area contributed by atoms with Gasteiger partial charge in [0, 0.05) is 19.2 Å². The number of piperidine rings is 1. The molecule has 1 amide bonds. The third-order valence-electron chi connectivity index (χ3n) is 3.63. The zero-order valence-electron chi connectivity index (χ0n) is 11.9. The molecule has 1 unspecified atom stereocenters. The van der Waals surface area contributed by atoms with Crippen LogP contribution in [-0.2, 0) is 11.3 Å². The summed E-state index contributed by atoms with van der Waals surface area (Å²) in [6, 6.07) is 5.93. The van der Waals surface area contributed by atoms with Gasteiger partial charge in [0.25, 0.3) is 0 Å². The molecule has 0 saturated carbocycles. The van der Waals surface area contributed by atoms with Gasteiger partial charge in [0.1, 0.15) is 0 Å². The van der Waals surface area contributed by atoms with Crippen molar-refractivity contribution in [2.24, 2.45) is 5.92 Å². The van der Waals surface area contributed by atoms with Gasteiger partial charge in [0.15, 0.2) is 0 Å². The molecular formula is C15H23N3O. The van der Waals surface area contributed by atoms with Gasteiger partial charge in [-0.05, 0) is 50.9 Å². The summed E-state index contributed by atoms with van der Waals surface area (Å²) < 4.78 is 0. The van der Waals surface area contributed by atoms with E-state index in [-0.39, 0.29) is 5.91 Å². The van der Waals surface area contributed by atoms with Gasteiger partial charge < -0.3 is 10.2 Å². The standard InChI is InChI=1S/C15H23N3O/c1-12-5-3-7-14(17-12)11-18(2)15(19)9-13-6-4-8-16-10-13/h3,5,7,13,16H,4,6,8-11H2,1-2H3. The maximum Gasteiger partial charge on any atom is 0.222 e. The summed E-state index contributed by atoms with van der Waals surface area (Å²) in [5, 5.41) is 3.35. The van der Waals surface area contributed by atoms with Crippen molar-refractivity contribution in [3.05, 3.63) is 29.6 Å². The van der Waals surface area contributed by atoms with Gasteiger partial charge in [-0.15, -0.1) is 0 Å². The van der Waals surface area contributed by atoms with Gasteiger partial charge in [-0.25, -0.2) is 0 Å². The molecule has 2 rings (SSSR count). The van der Waals surface area contributed by atoms with Gasteiger partial charge in [-0.2, -0.15) is 0 Å². The summed E-state index contributed by atoms with van der Waals surface area (Å²) in [5.74, 6) is 0.714. The van der Waals surface area contributed by atoms with E-state index in [4.69, 9.17) is 0 Å². The molecule has 0 radical (unpaired) electrons. The predicted octanol–water partition coefficient (Wildman–Crippen LogP) is 1.74. The molecule has 4 nitrogen and oxygen atoms in total. The number of hydrogen-bond donors (Lipinski definition) is 1. The second-order valence-corrected chi connectivity index (χ2v) is 5.44. The quantitative estimate of drug-likeness (QED) is 0.898. The molecule has 0 aliphatic carbocycles. The minimum Gasteiger partial charge on any atom is -0.340 e. The highest BCUT2D eigenvalue weighted by atomic mass is 16.2. The van der Waals surface area contributed by atoms with Crippen molar-refractivity contribution >= 4 is 5.91 Å². The summed E-state index contributed by atoms with van der Waals surface area (Å²) in [6.07, 6.45) is 2.99. The van der Waals surface area contributed by atoms with E-state index in [0.717, 1.165) is 30.9 Å². The zero-order valence-corrected chi connectivity index (χ0v) is 11.9. The Labute approximate surface area is 115 Å². The number of aromatic nitrogens is 1. The zero-order chi connectivity index (χ0) is 13.7. The normalized spacial score (nSPS) is 19.2. The molecule has 1 aromatic rings. The first-order valence-electron chi connectivity index (χ1n) is 7.02. The SMILES string of the molecule is Cc1cccc(CN(C)C(=O)CC2CCCNC2)n1. The number of amides is 1. The van der Waals surface area contributed by atoms with E-state index < -0.39 is 0 Å². The van der Waals surface area contributed by atoms with E-state index >= 15 is 0 Å². The Hall–Kier alpha value is -1.42. The molecule has 1 aliphatic heterocycles. The predicted molar refractivity (Wildman–Crippen MR) is 75.7 cm³/mol. The van der Waals surface area contributed by atoms with Crippen molar-refractivity contribution in [3.8, 4) is 0 Å². The van der Waals surface area contributed by atoms with Crippen LogP contribution in [0.3, 0.4) is 0 Å². The first-order chi connectivity index (χ1) is 9.15. The van der Waals surface area contributed by atoms with Gasteiger partial charge in [-0.1, -0.05) is 6.07 Å². The molecule has 1 aromatic heterocycles. The number of rotatable bonds is 4. The van der Waals surface area contributed by atoms with Crippen LogP contribution in [0.1, 0.15) is 30.7 Å². The summed E-state index contributed by atoms with van der Waals surface area (Å²) in [7, 11) is 1.86. The van der Waals surface area contributed by atoms with Gasteiger partial charge in [0.05, 0.1) is 12.2 Å². The molecule has 2 heterocycles. The average molecular weight is 261 g/mol. The lowest BCUT2D eigenvalue weighted by molar-refractivity contribution is -0.131. The Morgan fingerprint density at radius 2 is 2.37 bits per heavy atom. The summed E-state index contributed by atoms with van der Waals surface area (Å²) in [4.78, 5) is 18.4. The molecule has 1 aliphatic rings. The fourth-order valence-corrected chi connectivity index (χ4v) is 2.52. The lowest BCUT2D eigenvalue weighted by Gasteiger charge is -2.25. The first kappa shape index (κ1) is 14.0. The largest absolute Gasteiger partial charge is 0.340 e.